The molecule has 1 aromatic heterocycles. The van der Waals surface area contributed by atoms with Gasteiger partial charge in [0.05, 0.1) is 19.3 Å². The molecule has 0 saturated heterocycles. The summed E-state index contributed by atoms with van der Waals surface area (Å²) < 4.78 is 34.3. The van der Waals surface area contributed by atoms with Gasteiger partial charge in [-0.1, -0.05) is 6.07 Å². The summed E-state index contributed by atoms with van der Waals surface area (Å²) in [4.78, 5) is 12.5. The largest absolute Gasteiger partial charge is 0.496 e. The van der Waals surface area contributed by atoms with Gasteiger partial charge in [-0.2, -0.15) is 9.36 Å². The summed E-state index contributed by atoms with van der Waals surface area (Å²) >= 11 is 0. The number of nitrogens with two attached hydrogens (primary N) is 1. The van der Waals surface area contributed by atoms with Crippen LogP contribution >= 0.6 is 0 Å². The van der Waals surface area contributed by atoms with Crippen LogP contribution in [0, 0.1) is 18.6 Å². The average molecular weight is 347 g/mol. The molecular weight excluding hydrogens is 332 g/mol. The molecule has 3 aromatic rings. The zero-order chi connectivity index (χ0) is 18.1. The highest BCUT2D eigenvalue weighted by atomic mass is 19.1. The van der Waals surface area contributed by atoms with Crippen molar-refractivity contribution in [3.05, 3.63) is 63.6 Å². The van der Waals surface area contributed by atoms with Gasteiger partial charge in [0.25, 0.3) is 0 Å². The Hall–Kier alpha value is -3.23. The first-order valence-corrected chi connectivity index (χ1v) is 7.32. The van der Waals surface area contributed by atoms with Crippen LogP contribution in [0.3, 0.4) is 0 Å². The summed E-state index contributed by atoms with van der Waals surface area (Å²) in [5.41, 5.74) is 6.34. The first kappa shape index (κ1) is 16.6. The van der Waals surface area contributed by atoms with Gasteiger partial charge in [0.1, 0.15) is 17.4 Å². The molecule has 0 aliphatic rings. The number of nitrogen functional groups attached to an aromatic ring is 1. The van der Waals surface area contributed by atoms with Crippen LogP contribution in [0.25, 0.3) is 5.69 Å². The van der Waals surface area contributed by atoms with E-state index in [0.29, 0.717) is 17.0 Å². The molecular formula is C16H15F2N5O2. The number of hydrogen-bond donors (Lipinski definition) is 1. The van der Waals surface area contributed by atoms with E-state index < -0.39 is 17.3 Å². The predicted octanol–water partition coefficient (Wildman–Crippen LogP) is 1.65. The smallest absolute Gasteiger partial charge is 0.368 e. The fraction of sp³-hybridized carbons (Fsp3) is 0.188. The van der Waals surface area contributed by atoms with Gasteiger partial charge in [-0.3, -0.25) is 0 Å². The first-order valence-electron chi connectivity index (χ1n) is 7.32. The summed E-state index contributed by atoms with van der Waals surface area (Å²) in [6.45, 7) is 1.50. The van der Waals surface area contributed by atoms with E-state index in [1.54, 1.807) is 18.2 Å². The maximum absolute atomic E-state index is 13.7. The van der Waals surface area contributed by atoms with Gasteiger partial charge < -0.3 is 10.5 Å². The van der Waals surface area contributed by atoms with Crippen LogP contribution in [-0.4, -0.2) is 26.9 Å². The van der Waals surface area contributed by atoms with Crippen molar-refractivity contribution in [1.29, 1.82) is 0 Å². The standard InChI is InChI=1S/C16H15F2N5O2/c1-9-13(18)5-11(17)6-14(9)23-16(24)22(20-21-23)8-10-3-4-12(19)7-15(10)25-2/h3-7H,8,19H2,1-2H3. The second kappa shape index (κ2) is 6.34. The molecule has 25 heavy (non-hydrogen) atoms. The number of benzene rings is 2. The van der Waals surface area contributed by atoms with Crippen molar-refractivity contribution < 1.29 is 13.5 Å². The second-order valence-corrected chi connectivity index (χ2v) is 5.43. The summed E-state index contributed by atoms with van der Waals surface area (Å²) in [5, 5.41) is 7.49. The number of halogens is 2. The summed E-state index contributed by atoms with van der Waals surface area (Å²) in [6, 6.07) is 6.76. The van der Waals surface area contributed by atoms with E-state index in [2.05, 4.69) is 10.4 Å². The molecule has 0 bridgehead atoms. The predicted molar refractivity (Wildman–Crippen MR) is 86.8 cm³/mol. The fourth-order valence-electron chi connectivity index (χ4n) is 2.43. The van der Waals surface area contributed by atoms with Crippen molar-refractivity contribution in [1.82, 2.24) is 19.8 Å². The fourth-order valence-corrected chi connectivity index (χ4v) is 2.43. The summed E-state index contributed by atoms with van der Waals surface area (Å²) in [7, 11) is 1.48. The summed E-state index contributed by atoms with van der Waals surface area (Å²) in [6.07, 6.45) is 0. The van der Waals surface area contributed by atoms with E-state index >= 15 is 0 Å². The molecule has 0 unspecified atom stereocenters. The molecule has 0 saturated carbocycles. The van der Waals surface area contributed by atoms with Crippen LogP contribution in [0.2, 0.25) is 0 Å². The third-order valence-corrected chi connectivity index (χ3v) is 3.78. The van der Waals surface area contributed by atoms with Crippen molar-refractivity contribution in [2.24, 2.45) is 0 Å². The Labute approximate surface area is 141 Å². The lowest BCUT2D eigenvalue weighted by molar-refractivity contribution is 0.407. The minimum absolute atomic E-state index is 0.00183. The monoisotopic (exact) mass is 347 g/mol. The first-order chi connectivity index (χ1) is 11.9. The van der Waals surface area contributed by atoms with Gasteiger partial charge in [-0.25, -0.2) is 13.6 Å². The number of nitrogens with zero attached hydrogens (tertiary/aromatic N) is 4. The molecule has 9 heteroatoms. The molecule has 130 valence electrons. The normalized spacial score (nSPS) is 10.9. The Morgan fingerprint density at radius 1 is 1.20 bits per heavy atom. The molecule has 0 amide bonds. The SMILES string of the molecule is COc1cc(N)ccc1Cn1nnn(-c2cc(F)cc(F)c2C)c1=O. The number of rotatable bonds is 4. The lowest BCUT2D eigenvalue weighted by Crippen LogP contribution is -2.25. The quantitative estimate of drug-likeness (QED) is 0.725. The molecule has 2 aromatic carbocycles. The van der Waals surface area contributed by atoms with Crippen LogP contribution in [0.1, 0.15) is 11.1 Å². The summed E-state index contributed by atoms with van der Waals surface area (Å²) in [5.74, 6) is -1.08. The zero-order valence-corrected chi connectivity index (χ0v) is 13.5. The molecule has 0 spiro atoms. The van der Waals surface area contributed by atoms with Gasteiger partial charge in [0.15, 0.2) is 0 Å². The maximum Gasteiger partial charge on any atom is 0.368 e. The number of anilines is 1. The number of hydrogen-bond acceptors (Lipinski definition) is 5. The maximum atomic E-state index is 13.7. The highest BCUT2D eigenvalue weighted by Gasteiger charge is 2.16. The van der Waals surface area contributed by atoms with Crippen LogP contribution in [-0.2, 0) is 6.54 Å². The van der Waals surface area contributed by atoms with Gasteiger partial charge in [0, 0.05) is 35.0 Å². The van der Waals surface area contributed by atoms with Gasteiger partial charge in [-0.05, 0) is 23.4 Å². The molecule has 1 heterocycles. The highest BCUT2D eigenvalue weighted by Crippen LogP contribution is 2.22. The average Bonchev–Trinajstić information content (AvgIpc) is 2.93. The van der Waals surface area contributed by atoms with Crippen LogP contribution in [0.4, 0.5) is 14.5 Å². The van der Waals surface area contributed by atoms with E-state index in [4.69, 9.17) is 10.5 Å². The number of methoxy groups -OCH3 is 1. The lowest BCUT2D eigenvalue weighted by atomic mass is 10.2. The van der Waals surface area contributed by atoms with Crippen molar-refractivity contribution in [3.8, 4) is 11.4 Å². The Kier molecular flexibility index (Phi) is 4.22. The van der Waals surface area contributed by atoms with Crippen LogP contribution in [0.5, 0.6) is 5.75 Å². The van der Waals surface area contributed by atoms with Gasteiger partial charge in [-0.15, -0.1) is 0 Å². The van der Waals surface area contributed by atoms with Crippen molar-refractivity contribution in [3.63, 3.8) is 0 Å². The Morgan fingerprint density at radius 3 is 2.68 bits per heavy atom. The third kappa shape index (κ3) is 3.08. The van der Waals surface area contributed by atoms with Crippen LogP contribution in [0.15, 0.2) is 35.1 Å². The molecule has 0 aliphatic heterocycles. The Bertz CT molecular complexity index is 997. The van der Waals surface area contributed by atoms with Crippen molar-refractivity contribution >= 4 is 5.69 Å². The van der Waals surface area contributed by atoms with Crippen molar-refractivity contribution in [2.45, 2.75) is 13.5 Å². The minimum atomic E-state index is -0.806. The zero-order valence-electron chi connectivity index (χ0n) is 13.5. The van der Waals surface area contributed by atoms with Gasteiger partial charge >= 0.3 is 5.69 Å². The molecule has 0 fully saturated rings. The topological polar surface area (TPSA) is 88.0 Å². The number of tetrazole rings is 1. The second-order valence-electron chi connectivity index (χ2n) is 5.43. The van der Waals surface area contributed by atoms with E-state index in [-0.39, 0.29) is 17.8 Å². The Balaban J connectivity index is 2.02. The van der Waals surface area contributed by atoms with Gasteiger partial charge in [0.2, 0.25) is 0 Å². The molecule has 7 nitrogen and oxygen atoms in total. The van der Waals surface area contributed by atoms with E-state index in [1.165, 1.54) is 14.0 Å². The molecule has 2 N–H and O–H groups in total. The molecule has 0 atom stereocenters. The number of ether oxygens (including phenoxy) is 1. The lowest BCUT2D eigenvalue weighted by Gasteiger charge is -2.08. The molecule has 0 radical (unpaired) electrons. The molecule has 0 aliphatic carbocycles. The Morgan fingerprint density at radius 2 is 1.96 bits per heavy atom. The van der Waals surface area contributed by atoms with E-state index in [0.717, 1.165) is 21.5 Å². The highest BCUT2D eigenvalue weighted by molar-refractivity contribution is 5.48. The number of aromatic nitrogens is 4. The minimum Gasteiger partial charge on any atom is -0.496 e. The van der Waals surface area contributed by atoms with E-state index in [9.17, 15) is 13.6 Å². The van der Waals surface area contributed by atoms with E-state index in [1.807, 2.05) is 0 Å². The molecule has 3 rings (SSSR count). The third-order valence-electron chi connectivity index (χ3n) is 3.78. The van der Waals surface area contributed by atoms with Crippen LogP contribution < -0.4 is 16.2 Å². The van der Waals surface area contributed by atoms with Crippen molar-refractivity contribution in [2.75, 3.05) is 12.8 Å².